The summed E-state index contributed by atoms with van der Waals surface area (Å²) >= 11 is 0. The summed E-state index contributed by atoms with van der Waals surface area (Å²) in [5.41, 5.74) is 9.08. The number of nitrogens with two attached hydrogens (primary N) is 1. The van der Waals surface area contributed by atoms with E-state index in [1.807, 2.05) is 0 Å². The molecule has 2 aromatic rings. The normalized spacial score (nSPS) is 18.4. The highest BCUT2D eigenvalue weighted by atomic mass is 14.8. The Morgan fingerprint density at radius 2 is 1.75 bits per heavy atom. The quantitative estimate of drug-likeness (QED) is 0.767. The lowest BCUT2D eigenvalue weighted by Gasteiger charge is -2.39. The summed E-state index contributed by atoms with van der Waals surface area (Å²) < 4.78 is 0. The first kappa shape index (κ1) is 9.86. The van der Waals surface area contributed by atoms with Crippen molar-refractivity contribution in [3.8, 4) is 0 Å². The molecule has 3 rings (SSSR count). The number of fused-ring (bicyclic) bond motifs is 1. The van der Waals surface area contributed by atoms with E-state index in [0.717, 1.165) is 12.8 Å². The van der Waals surface area contributed by atoms with Crippen molar-refractivity contribution in [3.05, 3.63) is 47.5 Å². The Morgan fingerprint density at radius 1 is 1.06 bits per heavy atom. The van der Waals surface area contributed by atoms with Crippen LogP contribution < -0.4 is 5.73 Å². The molecule has 0 amide bonds. The van der Waals surface area contributed by atoms with Crippen LogP contribution in [0, 0.1) is 6.92 Å². The summed E-state index contributed by atoms with van der Waals surface area (Å²) in [5, 5.41) is 2.68. The minimum absolute atomic E-state index is 0.0639. The Labute approximate surface area is 96.3 Å². The fourth-order valence-corrected chi connectivity index (χ4v) is 2.77. The van der Waals surface area contributed by atoms with E-state index in [9.17, 15) is 0 Å². The van der Waals surface area contributed by atoms with Crippen LogP contribution in [0.5, 0.6) is 0 Å². The molecule has 1 heteroatoms. The van der Waals surface area contributed by atoms with Gasteiger partial charge < -0.3 is 5.73 Å². The monoisotopic (exact) mass is 211 g/mol. The van der Waals surface area contributed by atoms with Gasteiger partial charge in [0.05, 0.1) is 0 Å². The Kier molecular flexibility index (Phi) is 2.05. The predicted molar refractivity (Wildman–Crippen MR) is 68.4 cm³/mol. The number of benzene rings is 2. The van der Waals surface area contributed by atoms with E-state index in [0.29, 0.717) is 0 Å². The first-order chi connectivity index (χ1) is 7.71. The second kappa shape index (κ2) is 3.33. The molecule has 0 heterocycles. The molecular formula is C15H17N. The summed E-state index contributed by atoms with van der Waals surface area (Å²) in [5.74, 6) is 0. The Hall–Kier alpha value is -1.34. The van der Waals surface area contributed by atoms with Crippen molar-refractivity contribution in [3.63, 3.8) is 0 Å². The number of hydrogen-bond acceptors (Lipinski definition) is 1. The smallest absolute Gasteiger partial charge is 0.0415 e. The lowest BCUT2D eigenvalue weighted by atomic mass is 9.71. The van der Waals surface area contributed by atoms with Crippen molar-refractivity contribution in [2.45, 2.75) is 31.7 Å². The third-order valence-electron chi connectivity index (χ3n) is 3.90. The highest BCUT2D eigenvalue weighted by Crippen LogP contribution is 2.42. The molecule has 1 saturated carbocycles. The molecule has 0 aliphatic heterocycles. The Bertz CT molecular complexity index is 533. The molecule has 0 saturated heterocycles. The van der Waals surface area contributed by atoms with Crippen LogP contribution in [0.1, 0.15) is 30.4 Å². The van der Waals surface area contributed by atoms with Gasteiger partial charge in [0.2, 0.25) is 0 Å². The molecule has 1 fully saturated rings. The fourth-order valence-electron chi connectivity index (χ4n) is 2.77. The van der Waals surface area contributed by atoms with Gasteiger partial charge >= 0.3 is 0 Å². The van der Waals surface area contributed by atoms with Gasteiger partial charge in [-0.05, 0) is 48.1 Å². The van der Waals surface area contributed by atoms with E-state index in [1.165, 1.54) is 28.3 Å². The van der Waals surface area contributed by atoms with Gasteiger partial charge in [-0.25, -0.2) is 0 Å². The largest absolute Gasteiger partial charge is 0.321 e. The van der Waals surface area contributed by atoms with E-state index < -0.39 is 0 Å². The Morgan fingerprint density at radius 3 is 2.38 bits per heavy atom. The molecule has 1 aliphatic carbocycles. The third-order valence-corrected chi connectivity index (χ3v) is 3.90. The molecule has 0 aromatic heterocycles. The standard InChI is InChI=1S/C15H17N/c1-11-5-2-6-12-7-3-8-13(14(11)12)15(16)9-4-10-15/h2-3,5-8H,4,9-10,16H2,1H3. The van der Waals surface area contributed by atoms with E-state index in [4.69, 9.17) is 5.73 Å². The van der Waals surface area contributed by atoms with Crippen molar-refractivity contribution in [1.29, 1.82) is 0 Å². The molecule has 1 nitrogen and oxygen atoms in total. The van der Waals surface area contributed by atoms with E-state index in [1.54, 1.807) is 0 Å². The van der Waals surface area contributed by atoms with Crippen LogP contribution in [0.15, 0.2) is 36.4 Å². The average Bonchev–Trinajstić information content (AvgIpc) is 2.26. The van der Waals surface area contributed by atoms with Gasteiger partial charge in [-0.1, -0.05) is 36.4 Å². The van der Waals surface area contributed by atoms with Crippen LogP contribution in [0.3, 0.4) is 0 Å². The molecular weight excluding hydrogens is 194 g/mol. The first-order valence-electron chi connectivity index (χ1n) is 5.98. The maximum Gasteiger partial charge on any atom is 0.0415 e. The molecule has 0 unspecified atom stereocenters. The molecule has 16 heavy (non-hydrogen) atoms. The van der Waals surface area contributed by atoms with Gasteiger partial charge in [-0.15, -0.1) is 0 Å². The first-order valence-corrected chi connectivity index (χ1v) is 5.98. The summed E-state index contributed by atoms with van der Waals surface area (Å²) in [6.07, 6.45) is 3.51. The second-order valence-electron chi connectivity index (χ2n) is 4.99. The summed E-state index contributed by atoms with van der Waals surface area (Å²) in [6, 6.07) is 13.0. The second-order valence-corrected chi connectivity index (χ2v) is 4.99. The summed E-state index contributed by atoms with van der Waals surface area (Å²) in [6.45, 7) is 2.17. The maximum absolute atomic E-state index is 6.46. The molecule has 0 radical (unpaired) electrons. The van der Waals surface area contributed by atoms with Crippen molar-refractivity contribution < 1.29 is 0 Å². The van der Waals surface area contributed by atoms with Crippen molar-refractivity contribution in [2.24, 2.45) is 5.73 Å². The topological polar surface area (TPSA) is 26.0 Å². The van der Waals surface area contributed by atoms with E-state index in [-0.39, 0.29) is 5.54 Å². The highest BCUT2D eigenvalue weighted by molar-refractivity contribution is 5.89. The zero-order valence-corrected chi connectivity index (χ0v) is 9.66. The van der Waals surface area contributed by atoms with E-state index >= 15 is 0 Å². The molecule has 2 N–H and O–H groups in total. The Balaban J connectivity index is 2.32. The zero-order chi connectivity index (χ0) is 11.2. The lowest BCUT2D eigenvalue weighted by Crippen LogP contribution is -2.43. The van der Waals surface area contributed by atoms with Crippen LogP contribution in [-0.2, 0) is 5.54 Å². The number of hydrogen-bond donors (Lipinski definition) is 1. The van der Waals surface area contributed by atoms with Crippen LogP contribution in [0.4, 0.5) is 0 Å². The minimum atomic E-state index is -0.0639. The molecule has 1 aliphatic rings. The summed E-state index contributed by atoms with van der Waals surface area (Å²) in [7, 11) is 0. The predicted octanol–water partition coefficient (Wildman–Crippen LogP) is 3.49. The molecule has 2 aromatic carbocycles. The fraction of sp³-hybridized carbons (Fsp3) is 0.333. The SMILES string of the molecule is Cc1cccc2cccc(C3(N)CCC3)c12. The third kappa shape index (κ3) is 1.28. The highest BCUT2D eigenvalue weighted by Gasteiger charge is 2.35. The zero-order valence-electron chi connectivity index (χ0n) is 9.66. The van der Waals surface area contributed by atoms with Gasteiger partial charge in [0.15, 0.2) is 0 Å². The van der Waals surface area contributed by atoms with Crippen molar-refractivity contribution in [1.82, 2.24) is 0 Å². The van der Waals surface area contributed by atoms with Gasteiger partial charge in [-0.3, -0.25) is 0 Å². The van der Waals surface area contributed by atoms with Crippen LogP contribution in [-0.4, -0.2) is 0 Å². The van der Waals surface area contributed by atoms with E-state index in [2.05, 4.69) is 43.3 Å². The van der Waals surface area contributed by atoms with Gasteiger partial charge in [0, 0.05) is 5.54 Å². The number of rotatable bonds is 1. The van der Waals surface area contributed by atoms with Crippen molar-refractivity contribution >= 4 is 10.8 Å². The summed E-state index contributed by atoms with van der Waals surface area (Å²) in [4.78, 5) is 0. The molecule has 82 valence electrons. The molecule has 0 atom stereocenters. The molecule has 0 bridgehead atoms. The van der Waals surface area contributed by atoms with Gasteiger partial charge in [-0.2, -0.15) is 0 Å². The average molecular weight is 211 g/mol. The van der Waals surface area contributed by atoms with Crippen LogP contribution in [0.25, 0.3) is 10.8 Å². The van der Waals surface area contributed by atoms with Crippen LogP contribution in [0.2, 0.25) is 0 Å². The van der Waals surface area contributed by atoms with Gasteiger partial charge in [0.25, 0.3) is 0 Å². The van der Waals surface area contributed by atoms with Crippen molar-refractivity contribution in [2.75, 3.05) is 0 Å². The van der Waals surface area contributed by atoms with Crippen LogP contribution >= 0.6 is 0 Å². The number of aryl methyl sites for hydroxylation is 1. The minimum Gasteiger partial charge on any atom is -0.321 e. The molecule has 0 spiro atoms. The maximum atomic E-state index is 6.46. The lowest BCUT2D eigenvalue weighted by molar-refractivity contribution is 0.256. The van der Waals surface area contributed by atoms with Gasteiger partial charge in [0.1, 0.15) is 0 Å².